The van der Waals surface area contributed by atoms with E-state index in [1.54, 1.807) is 0 Å². The van der Waals surface area contributed by atoms with E-state index in [4.69, 9.17) is 10.7 Å². The van der Waals surface area contributed by atoms with E-state index in [-0.39, 0.29) is 6.04 Å². The van der Waals surface area contributed by atoms with Crippen molar-refractivity contribution in [2.45, 2.75) is 12.5 Å². The Kier molecular flexibility index (Phi) is 5.88. The van der Waals surface area contributed by atoms with Gasteiger partial charge in [-0.1, -0.05) is 127 Å². The molecule has 0 amide bonds. The van der Waals surface area contributed by atoms with Crippen LogP contribution in [0.5, 0.6) is 0 Å². The van der Waals surface area contributed by atoms with Crippen molar-refractivity contribution in [3.8, 4) is 22.4 Å². The number of nitrogens with two attached hydrogens (primary N) is 1. The van der Waals surface area contributed by atoms with E-state index in [1.165, 1.54) is 43.6 Å². The summed E-state index contributed by atoms with van der Waals surface area (Å²) in [7, 11) is 0. The molecule has 1 aromatic heterocycles. The van der Waals surface area contributed by atoms with Crippen LogP contribution < -0.4 is 5.73 Å². The smallest absolute Gasteiger partial charge is 0.0788 e. The van der Waals surface area contributed by atoms with Gasteiger partial charge in [-0.2, -0.15) is 0 Å². The molecule has 0 aliphatic heterocycles. The van der Waals surface area contributed by atoms with Crippen molar-refractivity contribution in [3.63, 3.8) is 0 Å². The van der Waals surface area contributed by atoms with Gasteiger partial charge in [-0.25, -0.2) is 4.98 Å². The van der Waals surface area contributed by atoms with E-state index in [0.29, 0.717) is 0 Å². The highest BCUT2D eigenvalue weighted by atomic mass is 14.7. The molecule has 1 heterocycles. The van der Waals surface area contributed by atoms with Crippen LogP contribution in [0.4, 0.5) is 0 Å². The van der Waals surface area contributed by atoms with Crippen molar-refractivity contribution >= 4 is 32.4 Å². The summed E-state index contributed by atoms with van der Waals surface area (Å²) < 4.78 is 0. The topological polar surface area (TPSA) is 38.9 Å². The molecule has 6 aromatic carbocycles. The highest BCUT2D eigenvalue weighted by molar-refractivity contribution is 6.10. The van der Waals surface area contributed by atoms with Gasteiger partial charge in [0.25, 0.3) is 0 Å². The zero-order chi connectivity index (χ0) is 26.2. The van der Waals surface area contributed by atoms with Crippen LogP contribution in [0.15, 0.2) is 140 Å². The van der Waals surface area contributed by atoms with Gasteiger partial charge in [0.05, 0.1) is 11.2 Å². The molecule has 2 nitrogen and oxygen atoms in total. The molecule has 0 aliphatic carbocycles. The number of hydrogen-bond donors (Lipinski definition) is 1. The Balaban J connectivity index is 1.30. The quantitative estimate of drug-likeness (QED) is 0.239. The molecule has 39 heavy (non-hydrogen) atoms. The molecular formula is C37H28N2. The Morgan fingerprint density at radius 1 is 0.513 bits per heavy atom. The molecular weight excluding hydrogens is 472 g/mol. The lowest BCUT2D eigenvalue weighted by atomic mass is 9.91. The van der Waals surface area contributed by atoms with E-state index < -0.39 is 0 Å². The van der Waals surface area contributed by atoms with Crippen molar-refractivity contribution in [2.24, 2.45) is 5.73 Å². The minimum absolute atomic E-state index is 0.0560. The van der Waals surface area contributed by atoms with Crippen LogP contribution in [-0.4, -0.2) is 4.98 Å². The summed E-state index contributed by atoms with van der Waals surface area (Å²) in [6.07, 6.45) is 0.781. The van der Waals surface area contributed by atoms with E-state index in [0.717, 1.165) is 28.8 Å². The first-order valence-electron chi connectivity index (χ1n) is 13.4. The number of hydrogen-bond acceptors (Lipinski definition) is 2. The van der Waals surface area contributed by atoms with Crippen LogP contribution >= 0.6 is 0 Å². The van der Waals surface area contributed by atoms with Crippen molar-refractivity contribution in [3.05, 3.63) is 151 Å². The average Bonchev–Trinajstić information content (AvgIpc) is 3.01. The summed E-state index contributed by atoms with van der Waals surface area (Å²) in [6, 6.07) is 49.3. The Morgan fingerprint density at radius 3 is 1.92 bits per heavy atom. The summed E-state index contributed by atoms with van der Waals surface area (Å²) in [5.74, 6) is 0. The van der Waals surface area contributed by atoms with Crippen LogP contribution in [0, 0.1) is 0 Å². The van der Waals surface area contributed by atoms with Crippen molar-refractivity contribution < 1.29 is 0 Å². The lowest BCUT2D eigenvalue weighted by molar-refractivity contribution is 0.725. The van der Waals surface area contributed by atoms with Gasteiger partial charge >= 0.3 is 0 Å². The van der Waals surface area contributed by atoms with E-state index in [2.05, 4.69) is 133 Å². The summed E-state index contributed by atoms with van der Waals surface area (Å²) in [6.45, 7) is 0. The maximum Gasteiger partial charge on any atom is 0.0788 e. The number of nitrogens with zero attached hydrogens (tertiary/aromatic N) is 1. The number of aromatic nitrogens is 1. The lowest BCUT2D eigenvalue weighted by Gasteiger charge is -2.16. The normalized spacial score (nSPS) is 12.2. The zero-order valence-electron chi connectivity index (χ0n) is 21.6. The van der Waals surface area contributed by atoms with Crippen LogP contribution in [0.25, 0.3) is 54.8 Å². The van der Waals surface area contributed by atoms with Crippen LogP contribution in [-0.2, 0) is 6.42 Å². The summed E-state index contributed by atoms with van der Waals surface area (Å²) in [4.78, 5) is 5.08. The first-order chi connectivity index (χ1) is 19.2. The predicted molar refractivity (Wildman–Crippen MR) is 165 cm³/mol. The SMILES string of the molecule is NC(Cc1cc(-c2ccc(-c3nc4ccccc4c4ccccc34)cc2)cc2ccccc12)c1ccccc1. The third-order valence-corrected chi connectivity index (χ3v) is 7.72. The molecule has 7 rings (SSSR count). The Labute approximate surface area is 228 Å². The monoisotopic (exact) mass is 500 g/mol. The second kappa shape index (κ2) is 9.83. The molecule has 2 heteroatoms. The maximum absolute atomic E-state index is 6.67. The molecule has 0 saturated carbocycles. The standard InChI is InChI=1S/C37H28N2/c38-35(26-10-2-1-3-11-26)24-30-23-29(22-28-12-4-5-13-31(28)30)25-18-20-27(21-19-25)37-34-16-7-6-14-32(34)33-15-8-9-17-36(33)39-37/h1-23,35H,24,38H2. The van der Waals surface area contributed by atoms with Gasteiger partial charge in [0.15, 0.2) is 0 Å². The molecule has 0 saturated heterocycles. The van der Waals surface area contributed by atoms with Gasteiger partial charge < -0.3 is 5.73 Å². The number of benzene rings is 6. The predicted octanol–water partition coefficient (Wildman–Crippen LogP) is 9.12. The van der Waals surface area contributed by atoms with Crippen molar-refractivity contribution in [2.75, 3.05) is 0 Å². The van der Waals surface area contributed by atoms with Gasteiger partial charge in [0.1, 0.15) is 0 Å². The number of fused-ring (bicyclic) bond motifs is 4. The molecule has 0 radical (unpaired) electrons. The maximum atomic E-state index is 6.67. The minimum Gasteiger partial charge on any atom is -0.324 e. The van der Waals surface area contributed by atoms with E-state index >= 15 is 0 Å². The molecule has 1 atom stereocenters. The third kappa shape index (κ3) is 4.35. The van der Waals surface area contributed by atoms with Crippen LogP contribution in [0.1, 0.15) is 17.2 Å². The first-order valence-corrected chi connectivity index (χ1v) is 13.4. The summed E-state index contributed by atoms with van der Waals surface area (Å²) >= 11 is 0. The highest BCUT2D eigenvalue weighted by Gasteiger charge is 2.13. The zero-order valence-corrected chi connectivity index (χ0v) is 21.6. The molecule has 0 bridgehead atoms. The molecule has 186 valence electrons. The van der Waals surface area contributed by atoms with Crippen LogP contribution in [0.3, 0.4) is 0 Å². The average molecular weight is 501 g/mol. The molecule has 1 unspecified atom stereocenters. The fourth-order valence-electron chi connectivity index (χ4n) is 5.73. The Hall–Kier alpha value is -4.79. The fourth-order valence-corrected chi connectivity index (χ4v) is 5.73. The molecule has 0 fully saturated rings. The fraction of sp³-hybridized carbons (Fsp3) is 0.0541. The largest absolute Gasteiger partial charge is 0.324 e. The molecule has 0 spiro atoms. The Bertz CT molecular complexity index is 1940. The second-order valence-corrected chi connectivity index (χ2v) is 10.2. The first kappa shape index (κ1) is 23.3. The number of para-hydroxylation sites is 1. The van der Waals surface area contributed by atoms with Gasteiger partial charge in [0.2, 0.25) is 0 Å². The third-order valence-electron chi connectivity index (χ3n) is 7.72. The van der Waals surface area contributed by atoms with Crippen molar-refractivity contribution in [1.29, 1.82) is 0 Å². The number of rotatable bonds is 5. The van der Waals surface area contributed by atoms with Gasteiger partial charge in [-0.3, -0.25) is 0 Å². The summed E-state index contributed by atoms with van der Waals surface area (Å²) in [5.41, 5.74) is 14.6. The van der Waals surface area contributed by atoms with Crippen LogP contribution in [0.2, 0.25) is 0 Å². The summed E-state index contributed by atoms with van der Waals surface area (Å²) in [5, 5.41) is 6.08. The van der Waals surface area contributed by atoms with Gasteiger partial charge in [-0.05, 0) is 57.0 Å². The number of pyridine rings is 1. The molecule has 2 N–H and O–H groups in total. The molecule has 7 aromatic rings. The minimum atomic E-state index is -0.0560. The highest BCUT2D eigenvalue weighted by Crippen LogP contribution is 2.35. The van der Waals surface area contributed by atoms with Crippen molar-refractivity contribution in [1.82, 2.24) is 4.98 Å². The molecule has 0 aliphatic rings. The van der Waals surface area contributed by atoms with E-state index in [9.17, 15) is 0 Å². The van der Waals surface area contributed by atoms with Gasteiger partial charge in [-0.15, -0.1) is 0 Å². The lowest BCUT2D eigenvalue weighted by Crippen LogP contribution is -2.13. The van der Waals surface area contributed by atoms with Gasteiger partial charge in [0, 0.05) is 22.4 Å². The second-order valence-electron chi connectivity index (χ2n) is 10.2. The van der Waals surface area contributed by atoms with E-state index in [1.807, 2.05) is 6.07 Å². The Morgan fingerprint density at radius 2 is 1.13 bits per heavy atom.